The van der Waals surface area contributed by atoms with Crippen LogP contribution in [0, 0.1) is 23.7 Å². The zero-order chi connectivity index (χ0) is 27.7. The lowest BCUT2D eigenvalue weighted by Crippen LogP contribution is -2.47. The van der Waals surface area contributed by atoms with Crippen molar-refractivity contribution in [3.63, 3.8) is 0 Å². The lowest BCUT2D eigenvalue weighted by Gasteiger charge is -2.44. The van der Waals surface area contributed by atoms with Crippen LogP contribution in [0.3, 0.4) is 0 Å². The van der Waals surface area contributed by atoms with Gasteiger partial charge in [-0.05, 0) is 68.3 Å². The number of phenols is 1. The van der Waals surface area contributed by atoms with Gasteiger partial charge in [-0.25, -0.2) is 0 Å². The highest BCUT2D eigenvalue weighted by Gasteiger charge is 2.58. The molecule has 2 amide bonds. The third-order valence-corrected chi connectivity index (χ3v) is 9.51. The van der Waals surface area contributed by atoms with Crippen molar-refractivity contribution in [2.45, 2.75) is 103 Å². The van der Waals surface area contributed by atoms with Crippen LogP contribution in [0.1, 0.15) is 90.5 Å². The van der Waals surface area contributed by atoms with Crippen LogP contribution >= 0.6 is 0 Å². The van der Waals surface area contributed by atoms with E-state index in [0.717, 1.165) is 50.5 Å². The van der Waals surface area contributed by atoms with Crippen molar-refractivity contribution in [3.8, 4) is 5.75 Å². The standard InChI is InChI=1S/C32H44BNO5/c1-4-10-21(17-22-11-8-9-14-27(22)35)15-16-28-29-24(20(2)3)18-25-30(26(29)19-33(38)39-28)32(37)34(31(25)36)23-12-6-5-7-13-23/h8-9,11,14,17,20,23,25-26,28,30,35,38H,4-7,10,12-13,15-16,18-19H2,1-3H3/b21-17+/t25-,26+,28-,30-/m1/s1. The van der Waals surface area contributed by atoms with E-state index in [-0.39, 0.29) is 53.4 Å². The van der Waals surface area contributed by atoms with E-state index in [0.29, 0.717) is 19.2 Å². The quantitative estimate of drug-likeness (QED) is 0.238. The van der Waals surface area contributed by atoms with Gasteiger partial charge in [0.2, 0.25) is 11.8 Å². The molecule has 210 valence electrons. The van der Waals surface area contributed by atoms with Gasteiger partial charge in [-0.2, -0.15) is 0 Å². The van der Waals surface area contributed by atoms with Crippen LogP contribution in [-0.2, 0) is 14.2 Å². The number of hydrogen-bond acceptors (Lipinski definition) is 5. The van der Waals surface area contributed by atoms with Gasteiger partial charge in [0.05, 0.1) is 17.9 Å². The van der Waals surface area contributed by atoms with Crippen molar-refractivity contribution in [1.29, 1.82) is 0 Å². The summed E-state index contributed by atoms with van der Waals surface area (Å²) in [7, 11) is -0.945. The van der Waals surface area contributed by atoms with E-state index in [1.54, 1.807) is 11.0 Å². The molecule has 0 aromatic heterocycles. The minimum Gasteiger partial charge on any atom is -0.507 e. The summed E-state index contributed by atoms with van der Waals surface area (Å²) in [6, 6.07) is 7.41. The Balaban J connectivity index is 1.43. The van der Waals surface area contributed by atoms with Crippen LogP contribution in [0.25, 0.3) is 6.08 Å². The number of allylic oxidation sites excluding steroid dienone is 2. The van der Waals surface area contributed by atoms with Gasteiger partial charge in [0.15, 0.2) is 0 Å². The first kappa shape index (κ1) is 28.2. The number of para-hydroxylation sites is 1. The second-order valence-electron chi connectivity index (χ2n) is 12.4. The van der Waals surface area contributed by atoms with Crippen molar-refractivity contribution in [1.82, 2.24) is 4.90 Å². The molecule has 5 rings (SSSR count). The molecule has 2 aliphatic heterocycles. The van der Waals surface area contributed by atoms with Gasteiger partial charge in [-0.3, -0.25) is 14.5 Å². The van der Waals surface area contributed by atoms with Gasteiger partial charge in [-0.15, -0.1) is 0 Å². The minimum atomic E-state index is -0.945. The van der Waals surface area contributed by atoms with E-state index in [9.17, 15) is 19.7 Å². The summed E-state index contributed by atoms with van der Waals surface area (Å²) >= 11 is 0. The molecule has 0 radical (unpaired) electrons. The third-order valence-electron chi connectivity index (χ3n) is 9.51. The van der Waals surface area contributed by atoms with E-state index in [1.807, 2.05) is 18.2 Å². The molecule has 0 spiro atoms. The molecule has 2 heterocycles. The monoisotopic (exact) mass is 533 g/mol. The number of carbonyl (C=O) groups is 2. The summed E-state index contributed by atoms with van der Waals surface area (Å²) < 4.78 is 6.20. The fourth-order valence-corrected chi connectivity index (χ4v) is 7.71. The summed E-state index contributed by atoms with van der Waals surface area (Å²) in [6.07, 6.45) is 11.3. The van der Waals surface area contributed by atoms with Gasteiger partial charge < -0.3 is 14.8 Å². The van der Waals surface area contributed by atoms with Crippen LogP contribution in [0.5, 0.6) is 5.75 Å². The highest BCUT2D eigenvalue weighted by molar-refractivity contribution is 6.43. The van der Waals surface area contributed by atoms with Crippen LogP contribution in [0.15, 0.2) is 41.0 Å². The zero-order valence-electron chi connectivity index (χ0n) is 23.8. The summed E-state index contributed by atoms with van der Waals surface area (Å²) in [4.78, 5) is 29.3. The average molecular weight is 534 g/mol. The number of nitrogens with zero attached hydrogens (tertiary/aromatic N) is 1. The molecule has 1 saturated carbocycles. The third kappa shape index (κ3) is 5.62. The van der Waals surface area contributed by atoms with E-state index in [2.05, 4.69) is 26.8 Å². The molecule has 0 bridgehead atoms. The van der Waals surface area contributed by atoms with E-state index in [4.69, 9.17) is 4.65 Å². The molecule has 2 aliphatic carbocycles. The normalized spacial score (nSPS) is 28.4. The van der Waals surface area contributed by atoms with Crippen molar-refractivity contribution in [3.05, 3.63) is 46.5 Å². The first-order valence-corrected chi connectivity index (χ1v) is 15.2. The largest absolute Gasteiger partial charge is 0.507 e. The highest BCUT2D eigenvalue weighted by Crippen LogP contribution is 2.52. The maximum Gasteiger partial charge on any atom is 0.455 e. The minimum absolute atomic E-state index is 0.0128. The first-order valence-electron chi connectivity index (χ1n) is 15.2. The molecule has 2 saturated heterocycles. The van der Waals surface area contributed by atoms with Crippen LogP contribution in [0.4, 0.5) is 0 Å². The van der Waals surface area contributed by atoms with E-state index < -0.39 is 7.12 Å². The Morgan fingerprint density at radius 3 is 2.54 bits per heavy atom. The lowest BCUT2D eigenvalue weighted by atomic mass is 9.57. The topological polar surface area (TPSA) is 87.1 Å². The zero-order valence-corrected chi connectivity index (χ0v) is 23.8. The molecule has 1 aromatic rings. The maximum absolute atomic E-state index is 13.9. The van der Waals surface area contributed by atoms with Crippen molar-refractivity contribution in [2.24, 2.45) is 23.7 Å². The smallest absolute Gasteiger partial charge is 0.455 e. The van der Waals surface area contributed by atoms with Gasteiger partial charge in [0, 0.05) is 11.6 Å². The SMILES string of the molecule is CCC/C(=C\c1ccccc1O)CC[C@H]1OB(O)C[C@H]2C1=C(C(C)C)C[C@H]1C(=O)N(C3CCCCC3)C(=O)[C@H]12. The number of imide groups is 1. The molecule has 0 unspecified atom stereocenters. The average Bonchev–Trinajstić information content (AvgIpc) is 3.17. The molecule has 39 heavy (non-hydrogen) atoms. The predicted molar refractivity (Wildman–Crippen MR) is 154 cm³/mol. The fourth-order valence-electron chi connectivity index (χ4n) is 7.71. The van der Waals surface area contributed by atoms with Crippen LogP contribution in [-0.4, -0.2) is 46.1 Å². The summed E-state index contributed by atoms with van der Waals surface area (Å²) in [5.41, 5.74) is 4.45. The number of fused-ring (bicyclic) bond motifs is 3. The number of hydrogen-bond donors (Lipinski definition) is 2. The van der Waals surface area contributed by atoms with Gasteiger partial charge in [0.1, 0.15) is 5.75 Å². The summed E-state index contributed by atoms with van der Waals surface area (Å²) in [5.74, 6) is -0.340. The number of benzene rings is 1. The summed E-state index contributed by atoms with van der Waals surface area (Å²) in [6.45, 7) is 6.49. The fraction of sp³-hybridized carbons (Fsp3) is 0.625. The number of aromatic hydroxyl groups is 1. The van der Waals surface area contributed by atoms with Gasteiger partial charge in [-0.1, -0.05) is 81.9 Å². The van der Waals surface area contributed by atoms with E-state index in [1.165, 1.54) is 23.1 Å². The molecule has 4 aliphatic rings. The number of rotatable bonds is 8. The second-order valence-corrected chi connectivity index (χ2v) is 12.4. The Morgan fingerprint density at radius 1 is 1.10 bits per heavy atom. The Labute approximate surface area is 233 Å². The predicted octanol–water partition coefficient (Wildman–Crippen LogP) is 6.14. The van der Waals surface area contributed by atoms with Gasteiger partial charge >= 0.3 is 7.12 Å². The number of amides is 2. The molecule has 6 nitrogen and oxygen atoms in total. The van der Waals surface area contributed by atoms with Gasteiger partial charge in [0.25, 0.3) is 0 Å². The van der Waals surface area contributed by atoms with Crippen molar-refractivity contribution < 1.29 is 24.4 Å². The number of likely N-dealkylation sites (tertiary alicyclic amines) is 1. The summed E-state index contributed by atoms with van der Waals surface area (Å²) in [5, 5.41) is 21.2. The number of carbonyl (C=O) groups excluding carboxylic acids is 2. The first-order chi connectivity index (χ1) is 18.8. The van der Waals surface area contributed by atoms with Crippen molar-refractivity contribution in [2.75, 3.05) is 0 Å². The highest BCUT2D eigenvalue weighted by atomic mass is 16.5. The number of phenolic OH excluding ortho intramolecular Hbond substituents is 1. The molecule has 3 fully saturated rings. The Kier molecular flexibility index (Phi) is 8.68. The molecule has 1 aromatic carbocycles. The second kappa shape index (κ2) is 12.0. The van der Waals surface area contributed by atoms with Crippen LogP contribution in [0.2, 0.25) is 6.32 Å². The molecule has 4 atom stereocenters. The maximum atomic E-state index is 13.9. The Morgan fingerprint density at radius 2 is 1.85 bits per heavy atom. The van der Waals surface area contributed by atoms with E-state index >= 15 is 0 Å². The molecule has 7 heteroatoms. The van der Waals surface area contributed by atoms with Crippen molar-refractivity contribution >= 4 is 25.0 Å². The molecular weight excluding hydrogens is 489 g/mol. The molecular formula is C32H44BNO5. The Bertz CT molecular complexity index is 1140. The molecule has 2 N–H and O–H groups in total. The van der Waals surface area contributed by atoms with Crippen LogP contribution < -0.4 is 0 Å². The Hall–Kier alpha value is -2.38. The lowest BCUT2D eigenvalue weighted by molar-refractivity contribution is -0.143.